The van der Waals surface area contributed by atoms with Crippen molar-refractivity contribution in [2.45, 2.75) is 58.1 Å². The molecule has 1 heterocycles. The van der Waals surface area contributed by atoms with E-state index in [1.165, 1.54) is 12.1 Å². The number of halogens is 1. The SMILES string of the molecule is CCOC(=O)CC(B1OC(C)(C)C(C)(C)O1)c1ccc(C#N)cc1F. The first-order valence-corrected chi connectivity index (χ1v) is 8.32. The molecule has 1 fully saturated rings. The van der Waals surface area contributed by atoms with E-state index in [-0.39, 0.29) is 24.2 Å². The quantitative estimate of drug-likeness (QED) is 0.603. The highest BCUT2D eigenvalue weighted by Crippen LogP contribution is 2.42. The van der Waals surface area contributed by atoms with Crippen LogP contribution in [0.2, 0.25) is 0 Å². The van der Waals surface area contributed by atoms with Crippen LogP contribution in [0.15, 0.2) is 18.2 Å². The summed E-state index contributed by atoms with van der Waals surface area (Å²) in [6.07, 6.45) is -0.0759. The molecule has 1 aromatic rings. The summed E-state index contributed by atoms with van der Waals surface area (Å²) in [7, 11) is -0.795. The molecule has 1 saturated heterocycles. The van der Waals surface area contributed by atoms with E-state index in [0.717, 1.165) is 6.07 Å². The Labute approximate surface area is 148 Å². The van der Waals surface area contributed by atoms with Crippen molar-refractivity contribution in [3.05, 3.63) is 35.1 Å². The Morgan fingerprint density at radius 1 is 1.32 bits per heavy atom. The fraction of sp³-hybridized carbons (Fsp3) is 0.556. The minimum atomic E-state index is -0.795. The lowest BCUT2D eigenvalue weighted by atomic mass is 9.66. The van der Waals surface area contributed by atoms with Crippen LogP contribution in [0.25, 0.3) is 0 Å². The molecule has 0 saturated carbocycles. The van der Waals surface area contributed by atoms with Gasteiger partial charge in [-0.2, -0.15) is 5.26 Å². The Hall–Kier alpha value is -1.91. The summed E-state index contributed by atoms with van der Waals surface area (Å²) in [6.45, 7) is 9.52. The van der Waals surface area contributed by atoms with Crippen molar-refractivity contribution < 1.29 is 23.2 Å². The zero-order valence-electron chi connectivity index (χ0n) is 15.3. The van der Waals surface area contributed by atoms with Gasteiger partial charge in [-0.05, 0) is 52.3 Å². The summed E-state index contributed by atoms with van der Waals surface area (Å²) in [5, 5.41) is 8.92. The van der Waals surface area contributed by atoms with Gasteiger partial charge in [-0.15, -0.1) is 0 Å². The van der Waals surface area contributed by atoms with Crippen LogP contribution >= 0.6 is 0 Å². The van der Waals surface area contributed by atoms with E-state index in [1.54, 1.807) is 6.92 Å². The van der Waals surface area contributed by atoms with Crippen LogP contribution in [0, 0.1) is 17.1 Å². The van der Waals surface area contributed by atoms with Gasteiger partial charge in [0.25, 0.3) is 0 Å². The Morgan fingerprint density at radius 2 is 1.92 bits per heavy atom. The van der Waals surface area contributed by atoms with Crippen LogP contribution in [-0.4, -0.2) is 30.9 Å². The molecule has 0 spiro atoms. The lowest BCUT2D eigenvalue weighted by Gasteiger charge is -2.32. The van der Waals surface area contributed by atoms with E-state index in [9.17, 15) is 9.18 Å². The maximum absolute atomic E-state index is 14.5. The number of hydrogen-bond acceptors (Lipinski definition) is 5. The van der Waals surface area contributed by atoms with E-state index < -0.39 is 35.9 Å². The molecule has 1 unspecified atom stereocenters. The molecule has 1 aromatic carbocycles. The molecule has 0 aliphatic carbocycles. The second kappa shape index (κ2) is 7.15. The maximum Gasteiger partial charge on any atom is 0.466 e. The molecule has 2 rings (SSSR count). The number of hydrogen-bond donors (Lipinski definition) is 0. The average Bonchev–Trinajstić information content (AvgIpc) is 2.73. The molecule has 1 aliphatic heterocycles. The zero-order chi connectivity index (χ0) is 18.8. The molecule has 0 bridgehead atoms. The smallest absolute Gasteiger partial charge is 0.466 e. The van der Waals surface area contributed by atoms with Crippen LogP contribution in [0.5, 0.6) is 0 Å². The summed E-state index contributed by atoms with van der Waals surface area (Å²) < 4.78 is 31.6. The summed E-state index contributed by atoms with van der Waals surface area (Å²) in [6, 6.07) is 6.07. The van der Waals surface area contributed by atoms with E-state index in [2.05, 4.69) is 0 Å². The summed E-state index contributed by atoms with van der Waals surface area (Å²) in [5.41, 5.74) is -0.725. The second-order valence-corrected chi connectivity index (χ2v) is 7.09. The first-order chi connectivity index (χ1) is 11.6. The molecule has 0 radical (unpaired) electrons. The summed E-state index contributed by atoms with van der Waals surface area (Å²) in [5.74, 6) is -1.69. The number of carbonyl (C=O) groups excluding carboxylic acids is 1. The van der Waals surface area contributed by atoms with Gasteiger partial charge >= 0.3 is 13.1 Å². The van der Waals surface area contributed by atoms with Gasteiger partial charge < -0.3 is 14.0 Å². The predicted molar refractivity (Wildman–Crippen MR) is 91.2 cm³/mol. The van der Waals surface area contributed by atoms with E-state index in [0.29, 0.717) is 0 Å². The third kappa shape index (κ3) is 4.02. The highest BCUT2D eigenvalue weighted by molar-refractivity contribution is 6.48. The van der Waals surface area contributed by atoms with Gasteiger partial charge in [0.05, 0.1) is 35.9 Å². The number of nitriles is 1. The Balaban J connectivity index is 2.38. The number of esters is 1. The van der Waals surface area contributed by atoms with Gasteiger partial charge in [-0.1, -0.05) is 6.07 Å². The molecular weight excluding hydrogens is 324 g/mol. The lowest BCUT2D eigenvalue weighted by molar-refractivity contribution is -0.143. The van der Waals surface area contributed by atoms with Gasteiger partial charge in [0, 0.05) is 5.82 Å². The summed E-state index contributed by atoms with van der Waals surface area (Å²) >= 11 is 0. The standard InChI is InChI=1S/C18H23BFNO4/c1-6-23-16(22)10-14(13-8-7-12(11-21)9-15(13)20)19-24-17(2,3)18(4,5)25-19/h7-9,14H,6,10H2,1-5H3. The molecule has 25 heavy (non-hydrogen) atoms. The molecule has 1 aliphatic rings. The topological polar surface area (TPSA) is 68.6 Å². The normalized spacial score (nSPS) is 19.3. The number of ether oxygens (including phenoxy) is 1. The van der Waals surface area contributed by atoms with Crippen molar-refractivity contribution in [3.8, 4) is 6.07 Å². The van der Waals surface area contributed by atoms with Crippen molar-refractivity contribution in [1.82, 2.24) is 0 Å². The van der Waals surface area contributed by atoms with Crippen LogP contribution in [-0.2, 0) is 18.8 Å². The van der Waals surface area contributed by atoms with Crippen molar-refractivity contribution in [2.24, 2.45) is 0 Å². The van der Waals surface area contributed by atoms with Gasteiger partial charge in [-0.25, -0.2) is 4.39 Å². The minimum Gasteiger partial charge on any atom is -0.466 e. The third-order valence-corrected chi connectivity index (χ3v) is 4.82. The monoisotopic (exact) mass is 347 g/mol. The number of carbonyl (C=O) groups is 1. The molecule has 0 amide bonds. The Kier molecular flexibility index (Phi) is 5.55. The second-order valence-electron chi connectivity index (χ2n) is 7.09. The average molecular weight is 347 g/mol. The fourth-order valence-corrected chi connectivity index (χ4v) is 2.70. The van der Waals surface area contributed by atoms with E-state index in [1.807, 2.05) is 33.8 Å². The van der Waals surface area contributed by atoms with Crippen LogP contribution in [0.4, 0.5) is 4.39 Å². The third-order valence-electron chi connectivity index (χ3n) is 4.82. The molecule has 0 N–H and O–H groups in total. The Bertz CT molecular complexity index is 683. The summed E-state index contributed by atoms with van der Waals surface area (Å²) in [4.78, 5) is 12.0. The lowest BCUT2D eigenvalue weighted by Crippen LogP contribution is -2.41. The molecular formula is C18H23BFNO4. The molecule has 1 atom stereocenters. The largest absolute Gasteiger partial charge is 0.466 e. The van der Waals surface area contributed by atoms with Crippen molar-refractivity contribution in [2.75, 3.05) is 6.61 Å². The van der Waals surface area contributed by atoms with Crippen molar-refractivity contribution in [1.29, 1.82) is 5.26 Å². The van der Waals surface area contributed by atoms with E-state index >= 15 is 0 Å². The number of rotatable bonds is 5. The molecule has 0 aromatic heterocycles. The van der Waals surface area contributed by atoms with Gasteiger partial charge in [0.2, 0.25) is 0 Å². The van der Waals surface area contributed by atoms with Gasteiger partial charge in [0.1, 0.15) is 5.82 Å². The highest BCUT2D eigenvalue weighted by Gasteiger charge is 2.54. The van der Waals surface area contributed by atoms with Crippen LogP contribution in [0.3, 0.4) is 0 Å². The predicted octanol–water partition coefficient (Wildman–Crippen LogP) is 3.37. The van der Waals surface area contributed by atoms with E-state index in [4.69, 9.17) is 19.3 Å². The number of nitrogens with zero attached hydrogens (tertiary/aromatic N) is 1. The molecule has 7 heteroatoms. The first kappa shape index (κ1) is 19.4. The van der Waals surface area contributed by atoms with Crippen molar-refractivity contribution in [3.63, 3.8) is 0 Å². The van der Waals surface area contributed by atoms with Gasteiger partial charge in [-0.3, -0.25) is 4.79 Å². The molecule has 134 valence electrons. The van der Waals surface area contributed by atoms with Crippen molar-refractivity contribution >= 4 is 13.1 Å². The van der Waals surface area contributed by atoms with Crippen LogP contribution in [0.1, 0.15) is 58.0 Å². The van der Waals surface area contributed by atoms with Gasteiger partial charge in [0.15, 0.2) is 0 Å². The minimum absolute atomic E-state index is 0.0759. The zero-order valence-corrected chi connectivity index (χ0v) is 15.3. The fourth-order valence-electron chi connectivity index (χ4n) is 2.70. The number of benzene rings is 1. The maximum atomic E-state index is 14.5. The highest BCUT2D eigenvalue weighted by atomic mass is 19.1. The first-order valence-electron chi connectivity index (χ1n) is 8.32. The Morgan fingerprint density at radius 3 is 2.40 bits per heavy atom. The van der Waals surface area contributed by atoms with Crippen LogP contribution < -0.4 is 0 Å². The molecule has 5 nitrogen and oxygen atoms in total.